The SMILES string of the molecule is C=C(C)B(c1cccc(C(F)(F)F)c1)c1cccc(C(F)(F)F)c1.CC(C)(C)c1cnc[nH]1.CCC=CCCB(c1ccccc1C)c1ccccc1C.CCc1cnc[nH]1. The number of aryl methyl sites for hydroxylation is 3. The molecule has 2 heterocycles. The number of halogens is 6. The molecule has 0 saturated carbocycles. The zero-order valence-corrected chi connectivity index (χ0v) is 36.6. The van der Waals surface area contributed by atoms with Crippen molar-refractivity contribution in [3.63, 3.8) is 0 Å². The average Bonchev–Trinajstić information content (AvgIpc) is 3.96. The first-order valence-corrected chi connectivity index (χ1v) is 20.5. The molecule has 2 N–H and O–H groups in total. The van der Waals surface area contributed by atoms with Crippen LogP contribution in [0.25, 0.3) is 0 Å². The van der Waals surface area contributed by atoms with Gasteiger partial charge in [-0.15, -0.1) is 12.1 Å². The summed E-state index contributed by atoms with van der Waals surface area (Å²) in [5.41, 5.74) is 7.56. The Morgan fingerprint density at radius 1 is 0.672 bits per heavy atom. The highest BCUT2D eigenvalue weighted by Crippen LogP contribution is 2.30. The van der Waals surface area contributed by atoms with Gasteiger partial charge in [0.15, 0.2) is 0 Å². The van der Waals surface area contributed by atoms with E-state index in [4.69, 9.17) is 0 Å². The van der Waals surface area contributed by atoms with Crippen molar-refractivity contribution in [2.75, 3.05) is 0 Å². The fourth-order valence-electron chi connectivity index (χ4n) is 6.68. The van der Waals surface area contributed by atoms with Crippen LogP contribution in [0.5, 0.6) is 0 Å². The lowest BCUT2D eigenvalue weighted by molar-refractivity contribution is -0.138. The molecule has 0 aliphatic carbocycles. The number of H-pyrrole nitrogens is 2. The summed E-state index contributed by atoms with van der Waals surface area (Å²) in [5.74, 6) is 0. The summed E-state index contributed by atoms with van der Waals surface area (Å²) in [4.78, 5) is 13.8. The van der Waals surface area contributed by atoms with Gasteiger partial charge in [0, 0.05) is 29.2 Å². The van der Waals surface area contributed by atoms with E-state index in [2.05, 4.69) is 136 Å². The fourth-order valence-corrected chi connectivity index (χ4v) is 6.68. The van der Waals surface area contributed by atoms with E-state index in [1.807, 2.05) is 12.4 Å². The molecule has 4 aromatic carbocycles. The molecule has 0 aliphatic heterocycles. The predicted octanol–water partition coefficient (Wildman–Crippen LogP) is 11.4. The Morgan fingerprint density at radius 3 is 1.51 bits per heavy atom. The largest absolute Gasteiger partial charge is 0.416 e. The highest BCUT2D eigenvalue weighted by Gasteiger charge is 2.34. The van der Waals surface area contributed by atoms with E-state index in [0.717, 1.165) is 43.5 Å². The van der Waals surface area contributed by atoms with E-state index < -0.39 is 30.2 Å². The van der Waals surface area contributed by atoms with Gasteiger partial charge in [-0.25, -0.2) is 9.97 Å². The van der Waals surface area contributed by atoms with Gasteiger partial charge in [-0.05, 0) is 33.1 Å². The molecular weight excluding hydrogens is 780 g/mol. The maximum Gasteiger partial charge on any atom is 0.416 e. The predicted molar refractivity (Wildman–Crippen MR) is 244 cm³/mol. The number of imidazole rings is 2. The van der Waals surface area contributed by atoms with Gasteiger partial charge in [-0.1, -0.05) is 190 Å². The molecule has 0 bridgehead atoms. The van der Waals surface area contributed by atoms with Crippen LogP contribution in [0.3, 0.4) is 0 Å². The topological polar surface area (TPSA) is 57.4 Å². The molecule has 0 radical (unpaired) electrons. The zero-order chi connectivity index (χ0) is 45.2. The van der Waals surface area contributed by atoms with E-state index in [0.29, 0.717) is 12.2 Å². The first-order valence-electron chi connectivity index (χ1n) is 20.5. The van der Waals surface area contributed by atoms with Crippen molar-refractivity contribution in [2.24, 2.45) is 0 Å². The summed E-state index contributed by atoms with van der Waals surface area (Å²) in [5, 5.41) is 0. The standard InChI is InChI=1S/C20H25B.C17H13BF6.C7H12N2.C5H8N2/c1-4-5-6-11-16-21(19-14-9-7-12-17(19)2)20-15-10-8-13-18(20)3;1-11(2)18(14-7-3-5-12(9-14)16(19,20)21)15-8-4-6-13(10-15)17(22,23)24;1-7(2,3)6-4-8-5-9-6;1-2-5-3-6-4-7-5/h5-10,12-15H,4,11,16H2,1-3H3;3-10H,1H2,2H3;4-5H,1-3H3,(H,8,9);3-4H,2H2,1H3,(H,6,7). The van der Waals surface area contributed by atoms with Crippen LogP contribution in [0, 0.1) is 13.8 Å². The van der Waals surface area contributed by atoms with Crippen LogP contribution in [0.2, 0.25) is 6.32 Å². The third-order valence-corrected chi connectivity index (χ3v) is 9.98. The number of benzene rings is 4. The first-order chi connectivity index (χ1) is 28.8. The molecule has 6 aromatic rings. The van der Waals surface area contributed by atoms with Crippen molar-refractivity contribution >= 4 is 35.3 Å². The lowest BCUT2D eigenvalue weighted by Crippen LogP contribution is -2.44. The van der Waals surface area contributed by atoms with Gasteiger partial charge in [0.25, 0.3) is 0 Å². The Hall–Kier alpha value is -5.51. The van der Waals surface area contributed by atoms with E-state index in [-0.39, 0.29) is 16.3 Å². The maximum atomic E-state index is 12.9. The van der Waals surface area contributed by atoms with Gasteiger partial charge in [0.1, 0.15) is 0 Å². The van der Waals surface area contributed by atoms with Crippen molar-refractivity contribution < 1.29 is 26.3 Å². The van der Waals surface area contributed by atoms with Gasteiger partial charge in [-0.2, -0.15) is 26.3 Å². The smallest absolute Gasteiger partial charge is 0.349 e. The van der Waals surface area contributed by atoms with E-state index in [9.17, 15) is 26.3 Å². The number of hydrogen-bond acceptors (Lipinski definition) is 2. The summed E-state index contributed by atoms with van der Waals surface area (Å²) >= 11 is 0. The molecule has 322 valence electrons. The van der Waals surface area contributed by atoms with Crippen LogP contribution >= 0.6 is 0 Å². The van der Waals surface area contributed by atoms with Crippen LogP contribution in [0.1, 0.15) is 88.0 Å². The van der Waals surface area contributed by atoms with Crippen LogP contribution in [0.4, 0.5) is 26.3 Å². The number of allylic oxidation sites excluding steroid dienone is 3. The molecule has 12 heteroatoms. The number of nitrogens with one attached hydrogen (secondary N) is 2. The van der Waals surface area contributed by atoms with E-state index >= 15 is 0 Å². The average molecular weight is 839 g/mol. The Morgan fingerprint density at radius 2 is 1.16 bits per heavy atom. The van der Waals surface area contributed by atoms with Crippen LogP contribution in [0.15, 0.2) is 146 Å². The Labute approximate surface area is 359 Å². The van der Waals surface area contributed by atoms with Crippen molar-refractivity contribution in [3.05, 3.63) is 180 Å². The van der Waals surface area contributed by atoms with Gasteiger partial charge >= 0.3 is 12.4 Å². The van der Waals surface area contributed by atoms with E-state index in [1.165, 1.54) is 64.0 Å². The summed E-state index contributed by atoms with van der Waals surface area (Å²) < 4.78 is 77.3. The Kier molecular flexibility index (Phi) is 19.2. The fraction of sp³-hybridized carbons (Fsp3) is 0.306. The molecule has 4 nitrogen and oxygen atoms in total. The summed E-state index contributed by atoms with van der Waals surface area (Å²) in [7, 11) is 0. The van der Waals surface area contributed by atoms with Crippen molar-refractivity contribution in [1.82, 2.24) is 19.9 Å². The van der Waals surface area contributed by atoms with Crippen molar-refractivity contribution in [3.8, 4) is 0 Å². The lowest BCUT2D eigenvalue weighted by atomic mass is 9.36. The number of nitrogens with zero attached hydrogens (tertiary/aromatic N) is 2. The number of aromatic nitrogens is 4. The quantitative estimate of drug-likeness (QED) is 0.0820. The highest BCUT2D eigenvalue weighted by atomic mass is 19.4. The molecule has 6 rings (SSSR count). The molecule has 0 spiro atoms. The molecular formula is C49H58B2F6N4. The summed E-state index contributed by atoms with van der Waals surface area (Å²) in [6.07, 6.45) is 7.12. The van der Waals surface area contributed by atoms with Crippen molar-refractivity contribution in [2.45, 2.75) is 98.7 Å². The third-order valence-electron chi connectivity index (χ3n) is 9.98. The third kappa shape index (κ3) is 16.1. The molecule has 0 atom stereocenters. The molecule has 2 aromatic heterocycles. The summed E-state index contributed by atoms with van der Waals surface area (Å²) in [6.45, 7) is 20.2. The van der Waals surface area contributed by atoms with E-state index in [1.54, 1.807) is 19.6 Å². The second kappa shape index (κ2) is 23.5. The molecule has 0 aliphatic rings. The van der Waals surface area contributed by atoms with Gasteiger partial charge in [-0.3, -0.25) is 0 Å². The molecule has 0 saturated heterocycles. The minimum absolute atomic E-state index is 0.205. The minimum atomic E-state index is -4.52. The van der Waals surface area contributed by atoms with Crippen LogP contribution in [-0.2, 0) is 24.2 Å². The number of rotatable bonds is 10. The van der Waals surface area contributed by atoms with Gasteiger partial charge < -0.3 is 9.97 Å². The van der Waals surface area contributed by atoms with Crippen LogP contribution in [-0.4, -0.2) is 33.4 Å². The number of hydrogen-bond donors (Lipinski definition) is 2. The Bertz CT molecular complexity index is 2120. The second-order valence-corrected chi connectivity index (χ2v) is 15.9. The molecule has 0 unspecified atom stereocenters. The first kappa shape index (κ1) is 49.8. The Balaban J connectivity index is 0.000000241. The second-order valence-electron chi connectivity index (χ2n) is 15.9. The lowest BCUT2D eigenvalue weighted by Gasteiger charge is -2.18. The molecule has 0 fully saturated rings. The number of aromatic amines is 2. The van der Waals surface area contributed by atoms with Gasteiger partial charge in [0.05, 0.1) is 23.8 Å². The van der Waals surface area contributed by atoms with Gasteiger partial charge in [0.2, 0.25) is 13.4 Å². The normalized spacial score (nSPS) is 11.4. The minimum Gasteiger partial charge on any atom is -0.349 e. The molecule has 61 heavy (non-hydrogen) atoms. The van der Waals surface area contributed by atoms with Crippen LogP contribution < -0.4 is 21.9 Å². The van der Waals surface area contributed by atoms with Crippen molar-refractivity contribution in [1.29, 1.82) is 0 Å². The summed E-state index contributed by atoms with van der Waals surface area (Å²) in [6, 6.07) is 26.7. The monoisotopic (exact) mass is 838 g/mol. The maximum absolute atomic E-state index is 12.9. The zero-order valence-electron chi connectivity index (χ0n) is 36.6. The number of alkyl halides is 6. The highest BCUT2D eigenvalue weighted by molar-refractivity contribution is 6.90. The molecule has 0 amide bonds.